The van der Waals surface area contributed by atoms with E-state index in [2.05, 4.69) is 6.92 Å². The van der Waals surface area contributed by atoms with Crippen molar-refractivity contribution in [3.63, 3.8) is 0 Å². The quantitative estimate of drug-likeness (QED) is 0.686. The van der Waals surface area contributed by atoms with E-state index in [1.54, 1.807) is 18.9 Å². The van der Waals surface area contributed by atoms with Gasteiger partial charge in [-0.2, -0.15) is 0 Å². The zero-order valence-corrected chi connectivity index (χ0v) is 9.62. The predicted octanol–water partition coefficient (Wildman–Crippen LogP) is 0.607. The van der Waals surface area contributed by atoms with E-state index in [1.807, 2.05) is 6.92 Å². The number of methoxy groups -OCH3 is 1. The van der Waals surface area contributed by atoms with Gasteiger partial charge in [0.2, 0.25) is 5.91 Å². The van der Waals surface area contributed by atoms with Crippen molar-refractivity contribution in [2.24, 2.45) is 5.73 Å². The van der Waals surface area contributed by atoms with Gasteiger partial charge in [0.05, 0.1) is 12.6 Å². The summed E-state index contributed by atoms with van der Waals surface area (Å²) in [7, 11) is 1.63. The maximum absolute atomic E-state index is 11.7. The number of carbonyl (C=O) groups is 1. The van der Waals surface area contributed by atoms with E-state index in [0.29, 0.717) is 13.2 Å². The van der Waals surface area contributed by atoms with Gasteiger partial charge in [-0.05, 0) is 20.3 Å². The van der Waals surface area contributed by atoms with E-state index in [9.17, 15) is 4.79 Å². The number of carbonyl (C=O) groups excluding carboxylic acids is 1. The standard InChI is InChI=1S/C10H22N2O2/c1-5-8(2)12(6-7-14-4)10(13)9(3)11/h8-9H,5-7,11H2,1-4H3. The van der Waals surface area contributed by atoms with E-state index in [4.69, 9.17) is 10.5 Å². The van der Waals surface area contributed by atoms with Crippen LogP contribution in [0.5, 0.6) is 0 Å². The van der Waals surface area contributed by atoms with E-state index in [0.717, 1.165) is 6.42 Å². The van der Waals surface area contributed by atoms with Gasteiger partial charge in [0.25, 0.3) is 0 Å². The van der Waals surface area contributed by atoms with Crippen molar-refractivity contribution in [2.45, 2.75) is 39.3 Å². The largest absolute Gasteiger partial charge is 0.383 e. The van der Waals surface area contributed by atoms with Crippen LogP contribution in [0.4, 0.5) is 0 Å². The number of ether oxygens (including phenoxy) is 1. The minimum absolute atomic E-state index is 0.00333. The zero-order valence-electron chi connectivity index (χ0n) is 9.62. The van der Waals surface area contributed by atoms with E-state index < -0.39 is 6.04 Å². The Balaban J connectivity index is 4.30. The molecule has 0 aliphatic carbocycles. The fourth-order valence-corrected chi connectivity index (χ4v) is 1.22. The van der Waals surface area contributed by atoms with Crippen LogP contribution in [0.2, 0.25) is 0 Å². The third-order valence-electron chi connectivity index (χ3n) is 2.33. The lowest BCUT2D eigenvalue weighted by Crippen LogP contribution is -2.47. The molecule has 0 aliphatic heterocycles. The second-order valence-electron chi connectivity index (χ2n) is 3.57. The molecule has 0 radical (unpaired) electrons. The first-order valence-electron chi connectivity index (χ1n) is 5.09. The van der Waals surface area contributed by atoms with Crippen LogP contribution in [-0.2, 0) is 9.53 Å². The molecule has 0 bridgehead atoms. The fraction of sp³-hybridized carbons (Fsp3) is 0.900. The Kier molecular flexibility index (Phi) is 6.49. The Morgan fingerprint density at radius 2 is 2.07 bits per heavy atom. The normalized spacial score (nSPS) is 14.9. The molecule has 0 aromatic rings. The predicted molar refractivity (Wildman–Crippen MR) is 57.0 cm³/mol. The van der Waals surface area contributed by atoms with E-state index >= 15 is 0 Å². The van der Waals surface area contributed by atoms with Crippen molar-refractivity contribution in [3.05, 3.63) is 0 Å². The maximum atomic E-state index is 11.7. The second kappa shape index (κ2) is 6.79. The summed E-state index contributed by atoms with van der Waals surface area (Å²) < 4.78 is 4.96. The van der Waals surface area contributed by atoms with Gasteiger partial charge in [-0.1, -0.05) is 6.92 Å². The van der Waals surface area contributed by atoms with Crippen molar-refractivity contribution < 1.29 is 9.53 Å². The average Bonchev–Trinajstić information content (AvgIpc) is 2.17. The molecule has 1 amide bonds. The van der Waals surface area contributed by atoms with E-state index in [1.165, 1.54) is 0 Å². The fourth-order valence-electron chi connectivity index (χ4n) is 1.22. The third kappa shape index (κ3) is 4.07. The Hall–Kier alpha value is -0.610. The Labute approximate surface area is 86.4 Å². The monoisotopic (exact) mass is 202 g/mol. The minimum Gasteiger partial charge on any atom is -0.383 e. The number of amides is 1. The molecule has 14 heavy (non-hydrogen) atoms. The first-order chi connectivity index (χ1) is 6.54. The van der Waals surface area contributed by atoms with Gasteiger partial charge in [0, 0.05) is 19.7 Å². The molecular formula is C10H22N2O2. The first kappa shape index (κ1) is 13.4. The van der Waals surface area contributed by atoms with Crippen LogP contribution in [-0.4, -0.2) is 43.2 Å². The summed E-state index contributed by atoms with van der Waals surface area (Å²) in [5, 5.41) is 0. The number of rotatable bonds is 6. The highest BCUT2D eigenvalue weighted by Crippen LogP contribution is 2.05. The number of hydrogen-bond acceptors (Lipinski definition) is 3. The number of nitrogens with zero attached hydrogens (tertiary/aromatic N) is 1. The smallest absolute Gasteiger partial charge is 0.239 e. The van der Waals surface area contributed by atoms with Crippen molar-refractivity contribution in [1.82, 2.24) is 4.90 Å². The zero-order chi connectivity index (χ0) is 11.1. The van der Waals surface area contributed by atoms with Crippen LogP contribution in [0.3, 0.4) is 0 Å². The molecule has 0 spiro atoms. The topological polar surface area (TPSA) is 55.6 Å². The summed E-state index contributed by atoms with van der Waals surface area (Å²) in [6.07, 6.45) is 0.933. The molecule has 4 heteroatoms. The second-order valence-corrected chi connectivity index (χ2v) is 3.57. The summed E-state index contributed by atoms with van der Waals surface area (Å²) in [6, 6.07) is -0.204. The van der Waals surface area contributed by atoms with Gasteiger partial charge < -0.3 is 15.4 Å². The molecule has 0 fully saturated rings. The van der Waals surface area contributed by atoms with Crippen molar-refractivity contribution in [2.75, 3.05) is 20.3 Å². The van der Waals surface area contributed by atoms with Crippen LogP contribution in [0.1, 0.15) is 27.2 Å². The summed E-state index contributed by atoms with van der Waals surface area (Å²) in [5.41, 5.74) is 5.57. The lowest BCUT2D eigenvalue weighted by Gasteiger charge is -2.29. The average molecular weight is 202 g/mol. The molecule has 4 nitrogen and oxygen atoms in total. The van der Waals surface area contributed by atoms with Crippen molar-refractivity contribution in [1.29, 1.82) is 0 Å². The van der Waals surface area contributed by atoms with E-state index in [-0.39, 0.29) is 11.9 Å². The molecule has 2 atom stereocenters. The number of nitrogens with two attached hydrogens (primary N) is 1. The molecule has 0 saturated carbocycles. The molecule has 0 aromatic heterocycles. The van der Waals surface area contributed by atoms with Crippen LogP contribution in [0.25, 0.3) is 0 Å². The summed E-state index contributed by atoms with van der Waals surface area (Å²) in [6.45, 7) is 6.97. The van der Waals surface area contributed by atoms with Gasteiger partial charge in [-0.3, -0.25) is 4.79 Å². The molecule has 0 rings (SSSR count). The molecule has 2 N–H and O–H groups in total. The van der Waals surface area contributed by atoms with Crippen molar-refractivity contribution in [3.8, 4) is 0 Å². The highest BCUT2D eigenvalue weighted by Gasteiger charge is 2.20. The van der Waals surface area contributed by atoms with Crippen LogP contribution in [0, 0.1) is 0 Å². The lowest BCUT2D eigenvalue weighted by molar-refractivity contribution is -0.135. The summed E-state index contributed by atoms with van der Waals surface area (Å²) >= 11 is 0. The molecule has 0 heterocycles. The Morgan fingerprint density at radius 3 is 2.43 bits per heavy atom. The Bertz CT molecular complexity index is 172. The Morgan fingerprint density at radius 1 is 1.50 bits per heavy atom. The molecule has 0 saturated heterocycles. The van der Waals surface area contributed by atoms with Gasteiger partial charge in [-0.15, -0.1) is 0 Å². The highest BCUT2D eigenvalue weighted by molar-refractivity contribution is 5.81. The number of hydrogen-bond donors (Lipinski definition) is 1. The molecule has 84 valence electrons. The van der Waals surface area contributed by atoms with Gasteiger partial charge in [0.15, 0.2) is 0 Å². The molecule has 0 aromatic carbocycles. The first-order valence-corrected chi connectivity index (χ1v) is 5.09. The maximum Gasteiger partial charge on any atom is 0.239 e. The SMILES string of the molecule is CCC(C)N(CCOC)C(=O)C(C)N. The summed E-state index contributed by atoms with van der Waals surface area (Å²) in [5.74, 6) is -0.00333. The summed E-state index contributed by atoms with van der Waals surface area (Å²) in [4.78, 5) is 13.5. The molecule has 2 unspecified atom stereocenters. The molecule has 0 aliphatic rings. The van der Waals surface area contributed by atoms with Gasteiger partial charge in [-0.25, -0.2) is 0 Å². The van der Waals surface area contributed by atoms with Crippen LogP contribution < -0.4 is 5.73 Å². The van der Waals surface area contributed by atoms with Crippen LogP contribution in [0.15, 0.2) is 0 Å². The van der Waals surface area contributed by atoms with Crippen molar-refractivity contribution >= 4 is 5.91 Å². The molecular weight excluding hydrogens is 180 g/mol. The lowest BCUT2D eigenvalue weighted by atomic mass is 10.2. The highest BCUT2D eigenvalue weighted by atomic mass is 16.5. The van der Waals surface area contributed by atoms with Crippen LogP contribution >= 0.6 is 0 Å². The third-order valence-corrected chi connectivity index (χ3v) is 2.33. The minimum atomic E-state index is -0.430. The van der Waals surface area contributed by atoms with Gasteiger partial charge >= 0.3 is 0 Å². The van der Waals surface area contributed by atoms with Gasteiger partial charge in [0.1, 0.15) is 0 Å².